The quantitative estimate of drug-likeness (QED) is 0.904. The van der Waals surface area contributed by atoms with Crippen LogP contribution in [0.1, 0.15) is 44.6 Å². The van der Waals surface area contributed by atoms with Crippen LogP contribution in [0.3, 0.4) is 0 Å². The SMILES string of the molecule is CC(C(=O)NC1CCCCC1)N(C)Cc1ccc(F)cc1. The van der Waals surface area contributed by atoms with E-state index in [0.29, 0.717) is 12.6 Å². The smallest absolute Gasteiger partial charge is 0.237 e. The van der Waals surface area contributed by atoms with Crippen molar-refractivity contribution in [2.45, 2.75) is 57.7 Å². The predicted octanol–water partition coefficient (Wildman–Crippen LogP) is 3.09. The summed E-state index contributed by atoms with van der Waals surface area (Å²) in [6, 6.07) is 6.59. The molecule has 1 saturated carbocycles. The van der Waals surface area contributed by atoms with Crippen molar-refractivity contribution >= 4 is 5.91 Å². The summed E-state index contributed by atoms with van der Waals surface area (Å²) in [7, 11) is 1.93. The minimum atomic E-state index is -0.232. The molecule has 0 bridgehead atoms. The van der Waals surface area contributed by atoms with Gasteiger partial charge in [0.25, 0.3) is 0 Å². The van der Waals surface area contributed by atoms with Gasteiger partial charge in [-0.2, -0.15) is 0 Å². The summed E-state index contributed by atoms with van der Waals surface area (Å²) in [4.78, 5) is 14.3. The van der Waals surface area contributed by atoms with Crippen molar-refractivity contribution in [2.75, 3.05) is 7.05 Å². The molecule has 0 saturated heterocycles. The molecule has 0 aromatic heterocycles. The molecule has 1 aliphatic rings. The number of hydrogen-bond donors (Lipinski definition) is 1. The maximum Gasteiger partial charge on any atom is 0.237 e. The molecule has 2 rings (SSSR count). The molecule has 1 unspecified atom stereocenters. The van der Waals surface area contributed by atoms with Crippen molar-refractivity contribution in [3.63, 3.8) is 0 Å². The summed E-state index contributed by atoms with van der Waals surface area (Å²) in [5.41, 5.74) is 1.01. The molecule has 3 nitrogen and oxygen atoms in total. The minimum Gasteiger partial charge on any atom is -0.352 e. The fourth-order valence-corrected chi connectivity index (χ4v) is 2.78. The first kappa shape index (κ1) is 16.0. The average molecular weight is 292 g/mol. The topological polar surface area (TPSA) is 32.3 Å². The Kier molecular flexibility index (Phi) is 5.74. The first-order valence-corrected chi connectivity index (χ1v) is 7.81. The molecule has 0 aliphatic heterocycles. The van der Waals surface area contributed by atoms with Crippen LogP contribution in [0, 0.1) is 5.82 Å². The third-order valence-electron chi connectivity index (χ3n) is 4.34. The first-order chi connectivity index (χ1) is 10.1. The average Bonchev–Trinajstić information content (AvgIpc) is 2.49. The number of likely N-dealkylation sites (N-methyl/N-ethyl adjacent to an activating group) is 1. The number of carbonyl (C=O) groups excluding carboxylic acids is 1. The molecular formula is C17H25FN2O. The molecule has 1 N–H and O–H groups in total. The van der Waals surface area contributed by atoms with Gasteiger partial charge in [0.1, 0.15) is 5.82 Å². The van der Waals surface area contributed by atoms with Gasteiger partial charge < -0.3 is 5.32 Å². The van der Waals surface area contributed by atoms with E-state index in [1.807, 2.05) is 18.9 Å². The Hall–Kier alpha value is -1.42. The zero-order valence-electron chi connectivity index (χ0n) is 12.9. The van der Waals surface area contributed by atoms with Crippen LogP contribution < -0.4 is 5.32 Å². The number of nitrogens with zero attached hydrogens (tertiary/aromatic N) is 1. The number of nitrogens with one attached hydrogen (secondary N) is 1. The Labute approximate surface area is 126 Å². The molecule has 116 valence electrons. The van der Waals surface area contributed by atoms with Gasteiger partial charge >= 0.3 is 0 Å². The fourth-order valence-electron chi connectivity index (χ4n) is 2.78. The van der Waals surface area contributed by atoms with E-state index in [1.165, 1.54) is 31.4 Å². The van der Waals surface area contributed by atoms with E-state index in [9.17, 15) is 9.18 Å². The van der Waals surface area contributed by atoms with Gasteiger partial charge in [-0.3, -0.25) is 9.69 Å². The van der Waals surface area contributed by atoms with E-state index in [4.69, 9.17) is 0 Å². The molecule has 0 spiro atoms. The van der Waals surface area contributed by atoms with Crippen LogP contribution in [0.4, 0.5) is 4.39 Å². The van der Waals surface area contributed by atoms with E-state index in [2.05, 4.69) is 5.32 Å². The lowest BCUT2D eigenvalue weighted by Crippen LogP contribution is -2.47. The molecule has 1 amide bonds. The van der Waals surface area contributed by atoms with Crippen molar-refractivity contribution in [2.24, 2.45) is 0 Å². The summed E-state index contributed by atoms with van der Waals surface area (Å²) in [6.45, 7) is 2.56. The van der Waals surface area contributed by atoms with Crippen LogP contribution in [0.25, 0.3) is 0 Å². The lowest BCUT2D eigenvalue weighted by Gasteiger charge is -2.28. The maximum absolute atomic E-state index is 12.9. The summed E-state index contributed by atoms with van der Waals surface area (Å²) in [5.74, 6) is -0.143. The second-order valence-corrected chi connectivity index (χ2v) is 6.06. The molecule has 1 atom stereocenters. The highest BCUT2D eigenvalue weighted by molar-refractivity contribution is 5.81. The number of benzene rings is 1. The lowest BCUT2D eigenvalue weighted by atomic mass is 9.95. The number of hydrogen-bond acceptors (Lipinski definition) is 2. The van der Waals surface area contributed by atoms with Crippen LogP contribution in [0.2, 0.25) is 0 Å². The van der Waals surface area contributed by atoms with Crippen LogP contribution in [0.15, 0.2) is 24.3 Å². The van der Waals surface area contributed by atoms with Gasteiger partial charge in [-0.05, 0) is 44.5 Å². The Morgan fingerprint density at radius 1 is 1.29 bits per heavy atom. The molecule has 21 heavy (non-hydrogen) atoms. The van der Waals surface area contributed by atoms with Gasteiger partial charge in [0.2, 0.25) is 5.91 Å². The van der Waals surface area contributed by atoms with Crippen molar-refractivity contribution < 1.29 is 9.18 Å². The number of amides is 1. The zero-order valence-corrected chi connectivity index (χ0v) is 12.9. The maximum atomic E-state index is 12.9. The van der Waals surface area contributed by atoms with Crippen molar-refractivity contribution in [1.29, 1.82) is 0 Å². The van der Waals surface area contributed by atoms with Gasteiger partial charge in [-0.1, -0.05) is 31.4 Å². The van der Waals surface area contributed by atoms with Crippen LogP contribution >= 0.6 is 0 Å². The normalized spacial score (nSPS) is 17.7. The first-order valence-electron chi connectivity index (χ1n) is 7.81. The Bertz CT molecular complexity index is 454. The molecule has 0 heterocycles. The molecule has 1 fully saturated rings. The second-order valence-electron chi connectivity index (χ2n) is 6.06. The number of carbonyl (C=O) groups is 1. The molecule has 4 heteroatoms. The van der Waals surface area contributed by atoms with Crippen molar-refractivity contribution in [3.8, 4) is 0 Å². The standard InChI is InChI=1S/C17H25FN2O/c1-13(17(21)19-16-6-4-3-5-7-16)20(2)12-14-8-10-15(18)11-9-14/h8-11,13,16H,3-7,12H2,1-2H3,(H,19,21). The summed E-state index contributed by atoms with van der Waals surface area (Å²) in [6.07, 6.45) is 5.90. The Morgan fingerprint density at radius 3 is 2.52 bits per heavy atom. The van der Waals surface area contributed by atoms with E-state index in [-0.39, 0.29) is 17.8 Å². The lowest BCUT2D eigenvalue weighted by molar-refractivity contribution is -0.126. The molecule has 1 aliphatic carbocycles. The Balaban J connectivity index is 1.84. The van der Waals surface area contributed by atoms with E-state index < -0.39 is 0 Å². The summed E-state index contributed by atoms with van der Waals surface area (Å²) >= 11 is 0. The fraction of sp³-hybridized carbons (Fsp3) is 0.588. The van der Waals surface area contributed by atoms with Gasteiger partial charge in [0.05, 0.1) is 6.04 Å². The zero-order chi connectivity index (χ0) is 15.2. The van der Waals surface area contributed by atoms with Crippen LogP contribution in [0.5, 0.6) is 0 Å². The largest absolute Gasteiger partial charge is 0.352 e. The van der Waals surface area contributed by atoms with Crippen molar-refractivity contribution in [1.82, 2.24) is 10.2 Å². The summed E-state index contributed by atoms with van der Waals surface area (Å²) < 4.78 is 12.9. The highest BCUT2D eigenvalue weighted by Gasteiger charge is 2.22. The highest BCUT2D eigenvalue weighted by atomic mass is 19.1. The number of halogens is 1. The van der Waals surface area contributed by atoms with Crippen LogP contribution in [-0.2, 0) is 11.3 Å². The van der Waals surface area contributed by atoms with E-state index >= 15 is 0 Å². The van der Waals surface area contributed by atoms with E-state index in [0.717, 1.165) is 18.4 Å². The number of rotatable bonds is 5. The van der Waals surface area contributed by atoms with Gasteiger partial charge in [0.15, 0.2) is 0 Å². The molecule has 1 aromatic carbocycles. The van der Waals surface area contributed by atoms with Gasteiger partial charge in [-0.25, -0.2) is 4.39 Å². The molecule has 1 aromatic rings. The minimum absolute atomic E-state index is 0.0894. The van der Waals surface area contributed by atoms with Gasteiger partial charge in [0, 0.05) is 12.6 Å². The monoisotopic (exact) mass is 292 g/mol. The third-order valence-corrected chi connectivity index (χ3v) is 4.34. The molecular weight excluding hydrogens is 267 g/mol. The molecule has 0 radical (unpaired) electrons. The highest BCUT2D eigenvalue weighted by Crippen LogP contribution is 2.17. The predicted molar refractivity (Wildman–Crippen MR) is 82.3 cm³/mol. The van der Waals surface area contributed by atoms with E-state index in [1.54, 1.807) is 12.1 Å². The third kappa shape index (κ3) is 4.81. The van der Waals surface area contributed by atoms with Crippen molar-refractivity contribution in [3.05, 3.63) is 35.6 Å². The van der Waals surface area contributed by atoms with Crippen LogP contribution in [-0.4, -0.2) is 29.9 Å². The summed E-state index contributed by atoms with van der Waals surface area (Å²) in [5, 5.41) is 3.15. The second kappa shape index (κ2) is 7.55. The Morgan fingerprint density at radius 2 is 1.90 bits per heavy atom. The van der Waals surface area contributed by atoms with Gasteiger partial charge in [-0.15, -0.1) is 0 Å².